The topological polar surface area (TPSA) is 107 Å². The molecule has 0 saturated carbocycles. The fraction of sp³-hybridized carbons (Fsp3) is 0.794. The second kappa shape index (κ2) is 20.3. The van der Waals surface area contributed by atoms with Crippen LogP contribution in [-0.2, 0) is 24.0 Å². The zero-order chi connectivity index (χ0) is 33.4. The molecule has 1 unspecified atom stereocenters. The Morgan fingerprint density at radius 3 is 1.93 bits per heavy atom. The van der Waals surface area contributed by atoms with Crippen LogP contribution in [0.25, 0.3) is 0 Å². The molecule has 0 heterocycles. The zero-order valence-electron chi connectivity index (χ0n) is 29.2. The summed E-state index contributed by atoms with van der Waals surface area (Å²) in [5, 5.41) is 2.76. The summed E-state index contributed by atoms with van der Waals surface area (Å²) in [5.41, 5.74) is 0. The van der Waals surface area contributed by atoms with E-state index in [1.165, 1.54) is 9.80 Å². The Labute approximate surface area is 262 Å². The molecule has 43 heavy (non-hydrogen) atoms. The third-order valence-electron chi connectivity index (χ3n) is 8.39. The van der Waals surface area contributed by atoms with Crippen molar-refractivity contribution in [1.82, 2.24) is 20.0 Å². The van der Waals surface area contributed by atoms with E-state index in [1.54, 1.807) is 26.0 Å². The van der Waals surface area contributed by atoms with E-state index < -0.39 is 18.1 Å². The number of rotatable bonds is 20. The molecule has 4 amide bonds. The maximum Gasteiger partial charge on any atom is 0.245 e. The van der Waals surface area contributed by atoms with Crippen molar-refractivity contribution in [1.29, 1.82) is 0 Å². The fourth-order valence-electron chi connectivity index (χ4n) is 5.71. The van der Waals surface area contributed by atoms with Crippen LogP contribution >= 0.6 is 0 Å². The summed E-state index contributed by atoms with van der Waals surface area (Å²) in [7, 11) is 4.87. The highest BCUT2D eigenvalue weighted by Gasteiger charge is 2.39. The molecule has 0 aliphatic carbocycles. The quantitative estimate of drug-likeness (QED) is 0.156. The highest BCUT2D eigenvalue weighted by Crippen LogP contribution is 2.28. The van der Waals surface area contributed by atoms with Gasteiger partial charge in [-0.3, -0.25) is 19.2 Å². The molecule has 0 aliphatic rings. The molecule has 248 valence electrons. The van der Waals surface area contributed by atoms with Gasteiger partial charge >= 0.3 is 0 Å². The molecule has 0 aromatic rings. The molecule has 0 aliphatic heterocycles. The van der Waals surface area contributed by atoms with Gasteiger partial charge in [0.25, 0.3) is 0 Å². The molecule has 9 heteroatoms. The lowest BCUT2D eigenvalue weighted by atomic mass is 9.82. The van der Waals surface area contributed by atoms with Crippen LogP contribution in [0.4, 0.5) is 0 Å². The van der Waals surface area contributed by atoms with E-state index in [0.717, 1.165) is 25.7 Å². The third-order valence-corrected chi connectivity index (χ3v) is 8.39. The molecular weight excluding hydrogens is 544 g/mol. The van der Waals surface area contributed by atoms with Crippen LogP contribution in [0.15, 0.2) is 12.2 Å². The molecule has 1 N–H and O–H groups in total. The van der Waals surface area contributed by atoms with E-state index in [-0.39, 0.29) is 53.8 Å². The molecule has 0 radical (unpaired) electrons. The molecular formula is C34H62N4O5. The van der Waals surface area contributed by atoms with Crippen LogP contribution in [0.1, 0.15) is 101 Å². The Bertz CT molecular complexity index is 918. The molecule has 0 saturated heterocycles. The normalized spacial score (nSPS) is 15.9. The van der Waals surface area contributed by atoms with E-state index >= 15 is 0 Å². The van der Waals surface area contributed by atoms with Crippen LogP contribution < -0.4 is 5.32 Å². The minimum absolute atomic E-state index is 0.0712. The van der Waals surface area contributed by atoms with Gasteiger partial charge in [-0.2, -0.15) is 0 Å². The fourth-order valence-corrected chi connectivity index (χ4v) is 5.71. The van der Waals surface area contributed by atoms with Gasteiger partial charge in [0.1, 0.15) is 18.4 Å². The highest BCUT2D eigenvalue weighted by atomic mass is 16.2. The van der Waals surface area contributed by atoms with Gasteiger partial charge in [0.15, 0.2) is 0 Å². The Morgan fingerprint density at radius 2 is 1.47 bits per heavy atom. The predicted molar refractivity (Wildman–Crippen MR) is 174 cm³/mol. The molecule has 0 rings (SSSR count). The molecule has 9 nitrogen and oxygen atoms in total. The number of hydrogen-bond donors (Lipinski definition) is 1. The van der Waals surface area contributed by atoms with Gasteiger partial charge in [0.2, 0.25) is 23.6 Å². The van der Waals surface area contributed by atoms with Crippen molar-refractivity contribution in [3.8, 4) is 0 Å². The number of likely N-dealkylation sites (N-methyl/N-ethyl adjacent to an activating group) is 3. The van der Waals surface area contributed by atoms with Gasteiger partial charge in [-0.1, -0.05) is 74.0 Å². The lowest BCUT2D eigenvalue weighted by Gasteiger charge is -2.39. The van der Waals surface area contributed by atoms with Crippen LogP contribution in [0.2, 0.25) is 0 Å². The summed E-state index contributed by atoms with van der Waals surface area (Å²) >= 11 is 0. The zero-order valence-corrected chi connectivity index (χ0v) is 29.2. The maximum atomic E-state index is 14.1. The van der Waals surface area contributed by atoms with Crippen LogP contribution in [0.3, 0.4) is 0 Å². The predicted octanol–water partition coefficient (Wildman–Crippen LogP) is 4.94. The summed E-state index contributed by atoms with van der Waals surface area (Å²) < 4.78 is 0. The maximum absolute atomic E-state index is 14.1. The summed E-state index contributed by atoms with van der Waals surface area (Å²) in [6.07, 6.45) is 8.64. The monoisotopic (exact) mass is 606 g/mol. The number of carbonyl (C=O) groups is 5. The number of aldehydes is 1. The highest BCUT2D eigenvalue weighted by molar-refractivity contribution is 5.93. The molecule has 0 aromatic carbocycles. The summed E-state index contributed by atoms with van der Waals surface area (Å²) in [6, 6.07) is -2.14. The summed E-state index contributed by atoms with van der Waals surface area (Å²) in [4.78, 5) is 70.3. The smallest absolute Gasteiger partial charge is 0.245 e. The van der Waals surface area contributed by atoms with Crippen molar-refractivity contribution in [3.05, 3.63) is 12.2 Å². The Morgan fingerprint density at radius 1 is 0.860 bits per heavy atom. The van der Waals surface area contributed by atoms with E-state index in [9.17, 15) is 24.0 Å². The molecule has 0 spiro atoms. The van der Waals surface area contributed by atoms with Gasteiger partial charge in [-0.15, -0.1) is 0 Å². The molecule has 0 bridgehead atoms. The Hall–Kier alpha value is -2.71. The van der Waals surface area contributed by atoms with Gasteiger partial charge in [-0.25, -0.2) is 0 Å². The van der Waals surface area contributed by atoms with E-state index in [4.69, 9.17) is 0 Å². The first-order chi connectivity index (χ1) is 20.1. The number of nitrogens with zero attached hydrogens (tertiary/aromatic N) is 3. The lowest BCUT2D eigenvalue weighted by Crippen LogP contribution is -2.57. The molecule has 0 fully saturated rings. The SMILES string of the molecule is C/C=C/C[C@@H](C)C[C@@H](C(=O)N[C@H](C=O)CC)N(C)C(=O)CN(C)C(=O)[C@H](C(CCC)C(C)C)N(C)C(=O)[C@@H](C)CC(C)C. The van der Waals surface area contributed by atoms with Gasteiger partial charge < -0.3 is 24.8 Å². The van der Waals surface area contributed by atoms with Gasteiger partial charge in [-0.05, 0) is 62.7 Å². The largest absolute Gasteiger partial charge is 0.345 e. The van der Waals surface area contributed by atoms with Crippen molar-refractivity contribution < 1.29 is 24.0 Å². The number of carbonyl (C=O) groups excluding carboxylic acids is 5. The minimum Gasteiger partial charge on any atom is -0.345 e. The van der Waals surface area contributed by atoms with Crippen molar-refractivity contribution in [2.24, 2.45) is 29.6 Å². The number of hydrogen-bond acceptors (Lipinski definition) is 5. The van der Waals surface area contributed by atoms with Crippen molar-refractivity contribution in [3.63, 3.8) is 0 Å². The number of nitrogens with one attached hydrogen (secondary N) is 1. The van der Waals surface area contributed by atoms with Gasteiger partial charge in [0.05, 0.1) is 12.6 Å². The first kappa shape index (κ1) is 40.3. The standard InChI is InChI=1S/C34H62N4O5/c1-13-16-18-25(8)20-29(32(41)35-27(15-3)22-39)37(11)30(40)21-36(10)34(43)31(28(17-14-2)24(6)7)38(12)33(42)26(9)19-23(4)5/h13,16,22-29,31H,14-15,17-21H2,1-12H3,(H,35,41)/b16-13+/t25-,26+,27+,28?,29+,31+/m1/s1. The first-order valence-electron chi connectivity index (χ1n) is 16.2. The van der Waals surface area contributed by atoms with Gasteiger partial charge in [0, 0.05) is 27.1 Å². The van der Waals surface area contributed by atoms with Crippen molar-refractivity contribution in [2.75, 3.05) is 27.7 Å². The van der Waals surface area contributed by atoms with Crippen LogP contribution in [-0.4, -0.2) is 90.4 Å². The van der Waals surface area contributed by atoms with Crippen molar-refractivity contribution in [2.45, 2.75) is 119 Å². The summed E-state index contributed by atoms with van der Waals surface area (Å²) in [6.45, 7) is 17.8. The van der Waals surface area contributed by atoms with E-state index in [2.05, 4.69) is 39.9 Å². The first-order valence-corrected chi connectivity index (χ1v) is 16.2. The van der Waals surface area contributed by atoms with Crippen molar-refractivity contribution >= 4 is 29.9 Å². The molecule has 6 atom stereocenters. The average molecular weight is 607 g/mol. The Balaban J connectivity index is 6.17. The third kappa shape index (κ3) is 13.2. The molecule has 0 aromatic heterocycles. The lowest BCUT2D eigenvalue weighted by molar-refractivity contribution is -0.151. The number of amides is 4. The Kier molecular flexibility index (Phi) is 19.0. The number of allylic oxidation sites excluding steroid dienone is 2. The van der Waals surface area contributed by atoms with Crippen LogP contribution in [0, 0.1) is 29.6 Å². The average Bonchev–Trinajstić information content (AvgIpc) is 2.95. The second-order valence-electron chi connectivity index (χ2n) is 13.1. The van der Waals surface area contributed by atoms with E-state index in [0.29, 0.717) is 25.0 Å². The van der Waals surface area contributed by atoms with E-state index in [1.807, 2.05) is 39.8 Å². The van der Waals surface area contributed by atoms with Crippen LogP contribution in [0.5, 0.6) is 0 Å². The minimum atomic E-state index is -0.800. The second-order valence-corrected chi connectivity index (χ2v) is 13.1. The summed E-state index contributed by atoms with van der Waals surface area (Å²) in [5.74, 6) is -0.827.